The molecule has 1 fully saturated rings. The zero-order chi connectivity index (χ0) is 18.6. The highest BCUT2D eigenvalue weighted by Crippen LogP contribution is 2.31. The molecule has 136 valence electrons. The second-order valence-corrected chi connectivity index (χ2v) is 7.02. The van der Waals surface area contributed by atoms with E-state index in [2.05, 4.69) is 27.8 Å². The molecular formula is C22H21FN4. The van der Waals surface area contributed by atoms with E-state index < -0.39 is 5.82 Å². The maximum absolute atomic E-state index is 13.7. The second-order valence-electron chi connectivity index (χ2n) is 7.02. The molecule has 0 spiro atoms. The number of piperidine rings is 1. The van der Waals surface area contributed by atoms with Crippen LogP contribution in [0, 0.1) is 23.1 Å². The first-order valence-corrected chi connectivity index (χ1v) is 9.27. The average Bonchev–Trinajstić information content (AvgIpc) is 2.73. The van der Waals surface area contributed by atoms with Crippen molar-refractivity contribution in [2.45, 2.75) is 12.8 Å². The Hall–Kier alpha value is -2.97. The van der Waals surface area contributed by atoms with Crippen LogP contribution < -0.4 is 10.6 Å². The van der Waals surface area contributed by atoms with Gasteiger partial charge in [0.1, 0.15) is 11.9 Å². The lowest BCUT2D eigenvalue weighted by atomic mass is 9.97. The number of benzene rings is 2. The van der Waals surface area contributed by atoms with Crippen LogP contribution in [0.5, 0.6) is 0 Å². The molecule has 2 N–H and O–H groups in total. The van der Waals surface area contributed by atoms with Gasteiger partial charge < -0.3 is 10.6 Å². The van der Waals surface area contributed by atoms with E-state index in [-0.39, 0.29) is 5.56 Å². The predicted molar refractivity (Wildman–Crippen MR) is 106 cm³/mol. The average molecular weight is 360 g/mol. The summed E-state index contributed by atoms with van der Waals surface area (Å²) in [5, 5.41) is 18.3. The fourth-order valence-electron chi connectivity index (χ4n) is 3.65. The third-order valence-electron chi connectivity index (χ3n) is 5.16. The first-order valence-electron chi connectivity index (χ1n) is 9.27. The van der Waals surface area contributed by atoms with Crippen LogP contribution in [0.4, 0.5) is 10.1 Å². The lowest BCUT2D eigenvalue weighted by Gasteiger charge is -2.24. The maximum atomic E-state index is 13.7. The van der Waals surface area contributed by atoms with Gasteiger partial charge in [0.25, 0.3) is 0 Å². The van der Waals surface area contributed by atoms with Crippen LogP contribution in [0.3, 0.4) is 0 Å². The minimum absolute atomic E-state index is 0.0603. The fourth-order valence-corrected chi connectivity index (χ4v) is 3.65. The Morgan fingerprint density at radius 3 is 2.96 bits per heavy atom. The van der Waals surface area contributed by atoms with Gasteiger partial charge in [-0.15, -0.1) is 0 Å². The maximum Gasteiger partial charge on any atom is 0.140 e. The molecule has 4 rings (SSSR count). The summed E-state index contributed by atoms with van der Waals surface area (Å²) in [6.45, 7) is 3.03. The normalized spacial score (nSPS) is 16.8. The van der Waals surface area contributed by atoms with Crippen molar-refractivity contribution in [2.24, 2.45) is 5.92 Å². The quantitative estimate of drug-likeness (QED) is 0.727. The third-order valence-corrected chi connectivity index (χ3v) is 5.16. The Labute approximate surface area is 158 Å². The lowest BCUT2D eigenvalue weighted by molar-refractivity contribution is 0.393. The SMILES string of the molecule is N#Cc1cc(-c2cc(NCC3CCCNC3)c3cnccc3c2)ccc1F. The summed E-state index contributed by atoms with van der Waals surface area (Å²) in [5.74, 6) is 0.111. The van der Waals surface area contributed by atoms with E-state index in [1.807, 2.05) is 18.3 Å². The molecule has 2 heterocycles. The van der Waals surface area contributed by atoms with Crippen molar-refractivity contribution in [1.82, 2.24) is 10.3 Å². The fraction of sp³-hybridized carbons (Fsp3) is 0.273. The summed E-state index contributed by atoms with van der Waals surface area (Å²) < 4.78 is 13.7. The van der Waals surface area contributed by atoms with Gasteiger partial charge >= 0.3 is 0 Å². The van der Waals surface area contributed by atoms with Gasteiger partial charge in [0.15, 0.2) is 0 Å². The van der Waals surface area contributed by atoms with Gasteiger partial charge in [-0.05, 0) is 78.7 Å². The first-order chi connectivity index (χ1) is 13.2. The van der Waals surface area contributed by atoms with E-state index in [1.54, 1.807) is 18.3 Å². The molecule has 1 aliphatic heterocycles. The predicted octanol–water partition coefficient (Wildman–Crippen LogP) is 4.32. The van der Waals surface area contributed by atoms with Crippen LogP contribution in [0.1, 0.15) is 18.4 Å². The van der Waals surface area contributed by atoms with Crippen molar-refractivity contribution in [1.29, 1.82) is 5.26 Å². The number of aromatic nitrogens is 1. The summed E-state index contributed by atoms with van der Waals surface area (Å²) in [5.41, 5.74) is 2.86. The molecule has 0 aliphatic carbocycles. The van der Waals surface area contributed by atoms with Crippen LogP contribution >= 0.6 is 0 Å². The van der Waals surface area contributed by atoms with Crippen LogP contribution in [0.15, 0.2) is 48.8 Å². The smallest absolute Gasteiger partial charge is 0.140 e. The van der Waals surface area contributed by atoms with Gasteiger partial charge in [-0.25, -0.2) is 4.39 Å². The Morgan fingerprint density at radius 2 is 2.15 bits per heavy atom. The standard InChI is InChI=1S/C22H21FN4/c23-21-4-3-16(8-19(21)11-24)18-9-17-5-7-26-14-20(17)22(10-18)27-13-15-2-1-6-25-12-15/h3-5,7-10,14-15,25,27H,1-2,6,12-13H2. The van der Waals surface area contributed by atoms with Crippen molar-refractivity contribution in [3.05, 3.63) is 60.2 Å². The first kappa shape index (κ1) is 17.4. The number of hydrogen-bond donors (Lipinski definition) is 2. The van der Waals surface area contributed by atoms with Crippen molar-refractivity contribution >= 4 is 16.5 Å². The minimum atomic E-state index is -0.491. The number of halogens is 1. The van der Waals surface area contributed by atoms with E-state index in [4.69, 9.17) is 5.26 Å². The van der Waals surface area contributed by atoms with Crippen molar-refractivity contribution < 1.29 is 4.39 Å². The Morgan fingerprint density at radius 1 is 1.22 bits per heavy atom. The van der Waals surface area contributed by atoms with Crippen molar-refractivity contribution in [3.63, 3.8) is 0 Å². The molecule has 1 aliphatic rings. The molecule has 0 bridgehead atoms. The second kappa shape index (κ2) is 7.73. The van der Waals surface area contributed by atoms with Gasteiger partial charge in [0, 0.05) is 30.0 Å². The van der Waals surface area contributed by atoms with Crippen LogP contribution in [0.2, 0.25) is 0 Å². The van der Waals surface area contributed by atoms with Crippen molar-refractivity contribution in [2.75, 3.05) is 25.0 Å². The van der Waals surface area contributed by atoms with E-state index in [1.165, 1.54) is 18.9 Å². The third kappa shape index (κ3) is 3.76. The zero-order valence-corrected chi connectivity index (χ0v) is 15.0. The van der Waals surface area contributed by atoms with Gasteiger partial charge in [-0.1, -0.05) is 6.07 Å². The molecule has 0 amide bonds. The molecule has 1 unspecified atom stereocenters. The summed E-state index contributed by atoms with van der Waals surface area (Å²) in [6, 6.07) is 12.7. The summed E-state index contributed by atoms with van der Waals surface area (Å²) >= 11 is 0. The van der Waals surface area contributed by atoms with Crippen LogP contribution in [-0.4, -0.2) is 24.6 Å². The van der Waals surface area contributed by atoms with Gasteiger partial charge in [0.2, 0.25) is 0 Å². The molecule has 0 radical (unpaired) electrons. The monoisotopic (exact) mass is 360 g/mol. The summed E-state index contributed by atoms with van der Waals surface area (Å²) in [6.07, 6.45) is 6.07. The lowest BCUT2D eigenvalue weighted by Crippen LogP contribution is -2.33. The largest absolute Gasteiger partial charge is 0.384 e. The molecule has 1 saturated heterocycles. The highest BCUT2D eigenvalue weighted by atomic mass is 19.1. The number of nitriles is 1. The van der Waals surface area contributed by atoms with Crippen molar-refractivity contribution in [3.8, 4) is 17.2 Å². The minimum Gasteiger partial charge on any atom is -0.384 e. The molecular weight excluding hydrogens is 339 g/mol. The molecule has 4 nitrogen and oxygen atoms in total. The van der Waals surface area contributed by atoms with E-state index >= 15 is 0 Å². The molecule has 0 saturated carbocycles. The number of nitrogens with zero attached hydrogens (tertiary/aromatic N) is 2. The Kier molecular flexibility index (Phi) is 4.99. The molecule has 3 aromatic rings. The van der Waals surface area contributed by atoms with Crippen LogP contribution in [-0.2, 0) is 0 Å². The highest BCUT2D eigenvalue weighted by Gasteiger charge is 2.14. The number of pyridine rings is 1. The highest BCUT2D eigenvalue weighted by molar-refractivity contribution is 5.97. The number of rotatable bonds is 4. The van der Waals surface area contributed by atoms with E-state index in [9.17, 15) is 4.39 Å². The topological polar surface area (TPSA) is 60.7 Å². The Balaban J connectivity index is 1.71. The van der Waals surface area contributed by atoms with Gasteiger partial charge in [-0.3, -0.25) is 4.98 Å². The Bertz CT molecular complexity index is 1000. The van der Waals surface area contributed by atoms with Gasteiger partial charge in [-0.2, -0.15) is 5.26 Å². The summed E-state index contributed by atoms with van der Waals surface area (Å²) in [4.78, 5) is 4.26. The molecule has 2 aromatic carbocycles. The number of hydrogen-bond acceptors (Lipinski definition) is 4. The zero-order valence-electron chi connectivity index (χ0n) is 15.0. The number of nitrogens with one attached hydrogen (secondary N) is 2. The molecule has 27 heavy (non-hydrogen) atoms. The molecule has 1 atom stereocenters. The number of fused-ring (bicyclic) bond motifs is 1. The number of anilines is 1. The van der Waals surface area contributed by atoms with Crippen LogP contribution in [0.25, 0.3) is 21.9 Å². The van der Waals surface area contributed by atoms with E-state index in [0.717, 1.165) is 47.2 Å². The molecule has 5 heteroatoms. The van der Waals surface area contributed by atoms with Gasteiger partial charge in [0.05, 0.1) is 5.56 Å². The summed E-state index contributed by atoms with van der Waals surface area (Å²) in [7, 11) is 0. The van der Waals surface area contributed by atoms with E-state index in [0.29, 0.717) is 5.92 Å². The molecule has 1 aromatic heterocycles.